The van der Waals surface area contributed by atoms with E-state index < -0.39 is 0 Å². The number of carbonyl (C=O) groups excluding carboxylic acids is 2. The van der Waals surface area contributed by atoms with Gasteiger partial charge in [0, 0.05) is 24.9 Å². The Hall–Kier alpha value is -3.19. The number of benzene rings is 2. The molecule has 0 bridgehead atoms. The zero-order chi connectivity index (χ0) is 21.5. The molecule has 1 N–H and O–H groups in total. The summed E-state index contributed by atoms with van der Waals surface area (Å²) >= 11 is 6.23. The lowest BCUT2D eigenvalue weighted by Gasteiger charge is -2.19. The molecule has 0 saturated heterocycles. The van der Waals surface area contributed by atoms with Crippen LogP contribution in [0.15, 0.2) is 42.5 Å². The van der Waals surface area contributed by atoms with E-state index in [-0.39, 0.29) is 25.2 Å². The lowest BCUT2D eigenvalue weighted by atomic mass is 10.2. The fourth-order valence-electron chi connectivity index (χ4n) is 2.88. The summed E-state index contributed by atoms with van der Waals surface area (Å²) in [5, 5.41) is 3.04. The molecule has 1 heterocycles. The molecular formula is C22H23ClN2O5. The number of nitrogens with one attached hydrogen (secondary N) is 1. The predicted molar refractivity (Wildman–Crippen MR) is 115 cm³/mol. The number of nitrogens with zero attached hydrogens (tertiary/aromatic N) is 1. The van der Waals surface area contributed by atoms with E-state index in [9.17, 15) is 9.59 Å². The minimum absolute atomic E-state index is 0.0919. The maximum atomic E-state index is 12.2. The summed E-state index contributed by atoms with van der Waals surface area (Å²) in [6.45, 7) is 5.17. The first-order valence-electron chi connectivity index (χ1n) is 9.59. The number of carbonyl (C=O) groups is 2. The van der Waals surface area contributed by atoms with Gasteiger partial charge in [-0.1, -0.05) is 17.7 Å². The number of halogens is 1. The monoisotopic (exact) mass is 430 g/mol. The van der Waals surface area contributed by atoms with Crippen molar-refractivity contribution in [2.24, 2.45) is 0 Å². The third-order valence-corrected chi connectivity index (χ3v) is 4.79. The molecule has 30 heavy (non-hydrogen) atoms. The van der Waals surface area contributed by atoms with Crippen LogP contribution in [0.3, 0.4) is 0 Å². The van der Waals surface area contributed by atoms with Gasteiger partial charge >= 0.3 is 0 Å². The van der Waals surface area contributed by atoms with Gasteiger partial charge in [0.25, 0.3) is 5.91 Å². The Labute approximate surface area is 180 Å². The molecule has 0 aromatic heterocycles. The molecule has 2 amide bonds. The molecule has 3 rings (SSSR count). The van der Waals surface area contributed by atoms with Crippen LogP contribution in [-0.2, 0) is 9.59 Å². The van der Waals surface area contributed by atoms with Crippen molar-refractivity contribution >= 4 is 35.2 Å². The Balaban J connectivity index is 1.55. The van der Waals surface area contributed by atoms with Crippen molar-refractivity contribution in [1.82, 2.24) is 4.90 Å². The van der Waals surface area contributed by atoms with Crippen molar-refractivity contribution in [2.75, 3.05) is 31.8 Å². The van der Waals surface area contributed by atoms with Gasteiger partial charge in [-0.05, 0) is 55.8 Å². The molecule has 0 aliphatic carbocycles. The molecule has 158 valence electrons. The molecule has 0 saturated carbocycles. The number of rotatable bonds is 8. The van der Waals surface area contributed by atoms with Crippen LogP contribution >= 0.6 is 11.6 Å². The highest BCUT2D eigenvalue weighted by atomic mass is 35.5. The van der Waals surface area contributed by atoms with Crippen molar-refractivity contribution < 1.29 is 23.8 Å². The van der Waals surface area contributed by atoms with Crippen LogP contribution in [0, 0.1) is 0 Å². The normalized spacial score (nSPS) is 12.1. The first kappa shape index (κ1) is 21.5. The van der Waals surface area contributed by atoms with Gasteiger partial charge in [-0.25, -0.2) is 0 Å². The first-order chi connectivity index (χ1) is 14.5. The minimum Gasteiger partial charge on any atom is -0.482 e. The van der Waals surface area contributed by atoms with Crippen LogP contribution < -0.4 is 19.5 Å². The number of fused-ring (bicyclic) bond motifs is 1. The fourth-order valence-corrected chi connectivity index (χ4v) is 3.11. The van der Waals surface area contributed by atoms with Crippen LogP contribution in [-0.4, -0.2) is 43.2 Å². The maximum Gasteiger partial charge on any atom is 0.260 e. The van der Waals surface area contributed by atoms with Crippen LogP contribution in [0.4, 0.5) is 5.69 Å². The van der Waals surface area contributed by atoms with Gasteiger partial charge in [-0.15, -0.1) is 0 Å². The average molecular weight is 431 g/mol. The molecule has 1 aliphatic heterocycles. The highest BCUT2D eigenvalue weighted by Crippen LogP contribution is 2.33. The summed E-state index contributed by atoms with van der Waals surface area (Å²) in [4.78, 5) is 25.9. The van der Waals surface area contributed by atoms with E-state index >= 15 is 0 Å². The zero-order valence-corrected chi connectivity index (χ0v) is 17.6. The van der Waals surface area contributed by atoms with Gasteiger partial charge in [-0.2, -0.15) is 0 Å². The van der Waals surface area contributed by atoms with Gasteiger partial charge in [0.15, 0.2) is 18.1 Å². The molecule has 2 aromatic carbocycles. The zero-order valence-electron chi connectivity index (χ0n) is 16.8. The smallest absolute Gasteiger partial charge is 0.260 e. The van der Waals surface area contributed by atoms with Crippen LogP contribution in [0.1, 0.15) is 19.4 Å². The number of ether oxygens (including phenoxy) is 3. The Bertz CT molecular complexity index is 957. The molecule has 2 aromatic rings. The van der Waals surface area contributed by atoms with E-state index in [1.54, 1.807) is 41.3 Å². The van der Waals surface area contributed by atoms with Crippen molar-refractivity contribution in [2.45, 2.75) is 13.8 Å². The molecule has 0 radical (unpaired) electrons. The number of hydrogen-bond donors (Lipinski definition) is 1. The Morgan fingerprint density at radius 1 is 1.13 bits per heavy atom. The second-order valence-corrected chi connectivity index (χ2v) is 6.84. The number of likely N-dealkylation sites (N-methyl/N-ethyl adjacent to an activating group) is 1. The lowest BCUT2D eigenvalue weighted by Crippen LogP contribution is -2.34. The third kappa shape index (κ3) is 5.45. The summed E-state index contributed by atoms with van der Waals surface area (Å²) in [5.41, 5.74) is 1.33. The van der Waals surface area contributed by atoms with Gasteiger partial charge in [-0.3, -0.25) is 9.59 Å². The van der Waals surface area contributed by atoms with Crippen LogP contribution in [0.25, 0.3) is 6.08 Å². The largest absolute Gasteiger partial charge is 0.482 e. The highest BCUT2D eigenvalue weighted by Gasteiger charge is 2.13. The van der Waals surface area contributed by atoms with E-state index in [4.69, 9.17) is 25.8 Å². The predicted octanol–water partition coefficient (Wildman–Crippen LogP) is 3.97. The number of amides is 2. The Kier molecular flexibility index (Phi) is 7.19. The molecule has 0 spiro atoms. The second kappa shape index (κ2) is 10.0. The van der Waals surface area contributed by atoms with Crippen LogP contribution in [0.5, 0.6) is 17.2 Å². The quantitative estimate of drug-likeness (QED) is 0.641. The second-order valence-electron chi connectivity index (χ2n) is 6.44. The summed E-state index contributed by atoms with van der Waals surface area (Å²) in [6.07, 6.45) is 3.09. The third-order valence-electron chi connectivity index (χ3n) is 4.49. The molecule has 0 unspecified atom stereocenters. The van der Waals surface area contributed by atoms with Crippen molar-refractivity contribution in [3.05, 3.63) is 53.1 Å². The van der Waals surface area contributed by atoms with Crippen LogP contribution in [0.2, 0.25) is 5.02 Å². The minimum atomic E-state index is -0.311. The fraction of sp³-hybridized carbons (Fsp3) is 0.273. The Morgan fingerprint density at radius 2 is 1.90 bits per heavy atom. The number of anilines is 1. The van der Waals surface area contributed by atoms with E-state index in [2.05, 4.69) is 5.32 Å². The van der Waals surface area contributed by atoms with Gasteiger partial charge in [0.1, 0.15) is 5.75 Å². The highest BCUT2D eigenvalue weighted by molar-refractivity contribution is 6.32. The van der Waals surface area contributed by atoms with E-state index in [0.29, 0.717) is 41.0 Å². The summed E-state index contributed by atoms with van der Waals surface area (Å²) in [6, 6.07) is 10.3. The average Bonchev–Trinajstić information content (AvgIpc) is 3.20. The summed E-state index contributed by atoms with van der Waals surface area (Å²) in [7, 11) is 0. The molecule has 0 fully saturated rings. The standard InChI is InChI=1S/C22H23ClN2O5/c1-3-25(4-2)22(27)13-28-18-9-7-16(12-17(18)23)24-21(26)10-6-15-5-8-19-20(11-15)30-14-29-19/h5-12H,3-4,13-14H2,1-2H3,(H,24,26)/b10-6+. The molecule has 8 heteroatoms. The van der Waals surface area contributed by atoms with E-state index in [0.717, 1.165) is 5.56 Å². The lowest BCUT2D eigenvalue weighted by molar-refractivity contribution is -0.133. The van der Waals surface area contributed by atoms with E-state index in [1.165, 1.54) is 6.08 Å². The van der Waals surface area contributed by atoms with Gasteiger partial charge in [0.2, 0.25) is 12.7 Å². The topological polar surface area (TPSA) is 77.1 Å². The number of hydrogen-bond acceptors (Lipinski definition) is 5. The van der Waals surface area contributed by atoms with Crippen molar-refractivity contribution in [3.63, 3.8) is 0 Å². The molecule has 1 aliphatic rings. The van der Waals surface area contributed by atoms with Gasteiger partial charge in [0.05, 0.1) is 5.02 Å². The summed E-state index contributed by atoms with van der Waals surface area (Å²) < 4.78 is 16.1. The van der Waals surface area contributed by atoms with Crippen molar-refractivity contribution in [1.29, 1.82) is 0 Å². The van der Waals surface area contributed by atoms with E-state index in [1.807, 2.05) is 19.9 Å². The van der Waals surface area contributed by atoms with Crippen molar-refractivity contribution in [3.8, 4) is 17.2 Å². The van der Waals surface area contributed by atoms with Gasteiger partial charge < -0.3 is 24.4 Å². The maximum absolute atomic E-state index is 12.2. The SMILES string of the molecule is CCN(CC)C(=O)COc1ccc(NC(=O)/C=C/c2ccc3c(c2)OCO3)cc1Cl. The Morgan fingerprint density at radius 3 is 2.63 bits per heavy atom. The molecule has 7 nitrogen and oxygen atoms in total. The molecule has 0 atom stereocenters. The molecular weight excluding hydrogens is 408 g/mol. The first-order valence-corrected chi connectivity index (χ1v) is 9.96. The summed E-state index contributed by atoms with van der Waals surface area (Å²) in [5.74, 6) is 1.30.